The first-order valence-corrected chi connectivity index (χ1v) is 5.83. The maximum absolute atomic E-state index is 2.41. The van der Waals surface area contributed by atoms with Gasteiger partial charge < -0.3 is 0 Å². The average Bonchev–Trinajstić information content (AvgIpc) is 1.81. The minimum Gasteiger partial charge on any atom is -0.0628 e. The van der Waals surface area contributed by atoms with Gasteiger partial charge in [-0.1, -0.05) is 54.4 Å². The van der Waals surface area contributed by atoms with Crippen LogP contribution in [-0.4, -0.2) is 0 Å². The van der Waals surface area contributed by atoms with Gasteiger partial charge in [0, 0.05) is 0 Å². The lowest BCUT2D eigenvalue weighted by Gasteiger charge is -2.27. The maximum atomic E-state index is 2.41. The van der Waals surface area contributed by atoms with Gasteiger partial charge in [0.1, 0.15) is 0 Å². The molecule has 0 saturated heterocycles. The van der Waals surface area contributed by atoms with Crippen LogP contribution in [0, 0.1) is 17.3 Å². The maximum Gasteiger partial charge on any atom is -0.0352 e. The van der Waals surface area contributed by atoms with Gasteiger partial charge in [-0.05, 0) is 30.1 Å². The fraction of sp³-hybridized carbons (Fsp3) is 1.00. The van der Waals surface area contributed by atoms with Crippen LogP contribution in [0.25, 0.3) is 0 Å². The second kappa shape index (κ2) is 5.67. The molecule has 0 N–H and O–H groups in total. The highest BCUT2D eigenvalue weighted by Gasteiger charge is 2.18. The number of hydrogen-bond acceptors (Lipinski definition) is 0. The number of rotatable bonds is 6. The molecule has 0 radical (unpaired) electrons. The SMILES string of the molecule is CC(C)CCCC(C)(C)CC(C)C. The van der Waals surface area contributed by atoms with Crippen molar-refractivity contribution >= 4 is 0 Å². The highest BCUT2D eigenvalue weighted by atomic mass is 14.2. The standard InChI is InChI=1S/C13H28/c1-11(2)8-7-9-13(5,6)10-12(3)4/h11-12H,7-10H2,1-6H3. The van der Waals surface area contributed by atoms with Crippen LogP contribution in [0.3, 0.4) is 0 Å². The molecule has 0 atom stereocenters. The third-order valence-corrected chi connectivity index (χ3v) is 2.60. The molecule has 0 heteroatoms. The molecule has 0 nitrogen and oxygen atoms in total. The Kier molecular flexibility index (Phi) is 5.67. The van der Waals surface area contributed by atoms with Crippen molar-refractivity contribution in [2.45, 2.75) is 67.2 Å². The topological polar surface area (TPSA) is 0 Å². The summed E-state index contributed by atoms with van der Waals surface area (Å²) < 4.78 is 0. The van der Waals surface area contributed by atoms with Gasteiger partial charge in [0.25, 0.3) is 0 Å². The summed E-state index contributed by atoms with van der Waals surface area (Å²) >= 11 is 0. The summed E-state index contributed by atoms with van der Waals surface area (Å²) in [6.07, 6.45) is 5.55. The van der Waals surface area contributed by atoms with E-state index in [9.17, 15) is 0 Å². The molecule has 0 bridgehead atoms. The normalized spacial score (nSPS) is 12.9. The van der Waals surface area contributed by atoms with Gasteiger partial charge in [0.2, 0.25) is 0 Å². The lowest BCUT2D eigenvalue weighted by molar-refractivity contribution is 0.252. The molecular formula is C13H28. The first-order valence-electron chi connectivity index (χ1n) is 5.83. The van der Waals surface area contributed by atoms with Gasteiger partial charge in [0.15, 0.2) is 0 Å². The molecule has 0 amide bonds. The highest BCUT2D eigenvalue weighted by Crippen LogP contribution is 2.31. The third-order valence-electron chi connectivity index (χ3n) is 2.60. The zero-order chi connectivity index (χ0) is 10.5. The summed E-state index contributed by atoms with van der Waals surface area (Å²) in [5.74, 6) is 1.71. The molecule has 0 aliphatic carbocycles. The van der Waals surface area contributed by atoms with Gasteiger partial charge in [-0.25, -0.2) is 0 Å². The molecule has 0 rings (SSSR count). The monoisotopic (exact) mass is 184 g/mol. The molecule has 0 unspecified atom stereocenters. The van der Waals surface area contributed by atoms with E-state index in [4.69, 9.17) is 0 Å². The Morgan fingerprint density at radius 2 is 1.46 bits per heavy atom. The molecule has 0 saturated carbocycles. The van der Waals surface area contributed by atoms with Crippen LogP contribution in [0.2, 0.25) is 0 Å². The van der Waals surface area contributed by atoms with E-state index in [0.29, 0.717) is 5.41 Å². The summed E-state index contributed by atoms with van der Waals surface area (Å²) in [6.45, 7) is 14.1. The van der Waals surface area contributed by atoms with E-state index in [1.165, 1.54) is 25.7 Å². The van der Waals surface area contributed by atoms with E-state index in [2.05, 4.69) is 41.5 Å². The first-order chi connectivity index (χ1) is 5.83. The molecule has 0 aliphatic heterocycles. The van der Waals surface area contributed by atoms with Crippen molar-refractivity contribution in [1.82, 2.24) is 0 Å². The van der Waals surface area contributed by atoms with Crippen LogP contribution < -0.4 is 0 Å². The van der Waals surface area contributed by atoms with E-state index in [1.807, 2.05) is 0 Å². The highest BCUT2D eigenvalue weighted by molar-refractivity contribution is 4.70. The Hall–Kier alpha value is 0. The molecular weight excluding hydrogens is 156 g/mol. The van der Waals surface area contributed by atoms with Gasteiger partial charge in [0.05, 0.1) is 0 Å². The molecule has 80 valence electrons. The molecule has 0 aromatic rings. The van der Waals surface area contributed by atoms with Crippen molar-refractivity contribution in [3.63, 3.8) is 0 Å². The van der Waals surface area contributed by atoms with Crippen LogP contribution in [-0.2, 0) is 0 Å². The van der Waals surface area contributed by atoms with Crippen molar-refractivity contribution < 1.29 is 0 Å². The van der Waals surface area contributed by atoms with Gasteiger partial charge in [-0.2, -0.15) is 0 Å². The van der Waals surface area contributed by atoms with Crippen LogP contribution in [0.5, 0.6) is 0 Å². The van der Waals surface area contributed by atoms with E-state index in [0.717, 1.165) is 11.8 Å². The van der Waals surface area contributed by atoms with Crippen molar-refractivity contribution in [2.24, 2.45) is 17.3 Å². The zero-order valence-corrected chi connectivity index (χ0v) is 10.5. The first kappa shape index (κ1) is 13.0. The molecule has 0 aliphatic rings. The predicted molar refractivity (Wildman–Crippen MR) is 61.9 cm³/mol. The van der Waals surface area contributed by atoms with Crippen molar-refractivity contribution in [3.8, 4) is 0 Å². The second-order valence-corrected chi connectivity index (χ2v) is 6.05. The van der Waals surface area contributed by atoms with Crippen LogP contribution in [0.1, 0.15) is 67.2 Å². The molecule has 0 fully saturated rings. The van der Waals surface area contributed by atoms with E-state index in [-0.39, 0.29) is 0 Å². The largest absolute Gasteiger partial charge is 0.0628 e. The van der Waals surface area contributed by atoms with Crippen LogP contribution >= 0.6 is 0 Å². The molecule has 0 aromatic heterocycles. The Balaban J connectivity index is 3.62. The summed E-state index contributed by atoms with van der Waals surface area (Å²) in [4.78, 5) is 0. The zero-order valence-electron chi connectivity index (χ0n) is 10.5. The predicted octanol–water partition coefficient (Wildman–Crippen LogP) is 4.89. The van der Waals surface area contributed by atoms with Crippen molar-refractivity contribution in [2.75, 3.05) is 0 Å². The van der Waals surface area contributed by atoms with Crippen LogP contribution in [0.4, 0.5) is 0 Å². The lowest BCUT2D eigenvalue weighted by atomic mass is 9.79. The van der Waals surface area contributed by atoms with E-state index >= 15 is 0 Å². The minimum absolute atomic E-state index is 0.559. The van der Waals surface area contributed by atoms with Crippen molar-refractivity contribution in [1.29, 1.82) is 0 Å². The quantitative estimate of drug-likeness (QED) is 0.551. The summed E-state index contributed by atoms with van der Waals surface area (Å²) in [5, 5.41) is 0. The average molecular weight is 184 g/mol. The Bertz CT molecular complexity index is 120. The molecule has 0 aromatic carbocycles. The second-order valence-electron chi connectivity index (χ2n) is 6.05. The molecule has 0 spiro atoms. The smallest absolute Gasteiger partial charge is 0.0352 e. The fourth-order valence-corrected chi connectivity index (χ4v) is 2.20. The lowest BCUT2D eigenvalue weighted by Crippen LogP contribution is -2.14. The Labute approximate surface area is 85.1 Å². The van der Waals surface area contributed by atoms with Crippen molar-refractivity contribution in [3.05, 3.63) is 0 Å². The van der Waals surface area contributed by atoms with Gasteiger partial charge >= 0.3 is 0 Å². The minimum atomic E-state index is 0.559. The van der Waals surface area contributed by atoms with Crippen LogP contribution in [0.15, 0.2) is 0 Å². The van der Waals surface area contributed by atoms with Gasteiger partial charge in [-0.15, -0.1) is 0 Å². The summed E-state index contributed by atoms with van der Waals surface area (Å²) in [5.41, 5.74) is 0.559. The summed E-state index contributed by atoms with van der Waals surface area (Å²) in [6, 6.07) is 0. The van der Waals surface area contributed by atoms with Gasteiger partial charge in [-0.3, -0.25) is 0 Å². The fourth-order valence-electron chi connectivity index (χ4n) is 2.20. The molecule has 13 heavy (non-hydrogen) atoms. The third kappa shape index (κ3) is 8.33. The Morgan fingerprint density at radius 3 is 1.85 bits per heavy atom. The Morgan fingerprint density at radius 1 is 0.923 bits per heavy atom. The molecule has 0 heterocycles. The van der Waals surface area contributed by atoms with E-state index in [1.54, 1.807) is 0 Å². The van der Waals surface area contributed by atoms with E-state index < -0.39 is 0 Å². The summed E-state index contributed by atoms with van der Waals surface area (Å²) in [7, 11) is 0. The number of hydrogen-bond donors (Lipinski definition) is 0.